The Kier molecular flexibility index (Phi) is 5.55. The Morgan fingerprint density at radius 1 is 1.23 bits per heavy atom. The molecule has 2 aromatic rings. The summed E-state index contributed by atoms with van der Waals surface area (Å²) in [5.74, 6) is -1.87. The molecule has 0 spiro atoms. The number of benzene rings is 1. The Bertz CT molecular complexity index is 801. The SMILES string of the molecule is O=C(CN(CC1C[C@H]1F)C(=O)c1ccc(Br)cc1)Nc1ncc(F)cn1. The lowest BCUT2D eigenvalue weighted by Gasteiger charge is -2.22. The Labute approximate surface area is 156 Å². The second-order valence-electron chi connectivity index (χ2n) is 5.98. The predicted molar refractivity (Wildman–Crippen MR) is 93.7 cm³/mol. The molecule has 136 valence electrons. The summed E-state index contributed by atoms with van der Waals surface area (Å²) >= 11 is 3.29. The maximum atomic E-state index is 13.3. The molecule has 0 aliphatic heterocycles. The smallest absolute Gasteiger partial charge is 0.254 e. The Morgan fingerprint density at radius 2 is 1.85 bits per heavy atom. The summed E-state index contributed by atoms with van der Waals surface area (Å²) in [6.07, 6.45) is 1.28. The van der Waals surface area contributed by atoms with Crippen LogP contribution in [0.3, 0.4) is 0 Å². The largest absolute Gasteiger partial charge is 0.329 e. The number of nitrogens with one attached hydrogen (secondary N) is 1. The van der Waals surface area contributed by atoms with Crippen molar-refractivity contribution in [3.8, 4) is 0 Å². The maximum Gasteiger partial charge on any atom is 0.254 e. The molecule has 9 heteroatoms. The topological polar surface area (TPSA) is 75.2 Å². The molecule has 1 heterocycles. The van der Waals surface area contributed by atoms with Crippen LogP contribution in [0, 0.1) is 11.7 Å². The second-order valence-corrected chi connectivity index (χ2v) is 6.89. The third-order valence-electron chi connectivity index (χ3n) is 3.88. The first kappa shape index (κ1) is 18.4. The molecule has 6 nitrogen and oxygen atoms in total. The van der Waals surface area contributed by atoms with E-state index in [1.165, 1.54) is 4.90 Å². The number of anilines is 1. The van der Waals surface area contributed by atoms with Crippen LogP contribution < -0.4 is 5.32 Å². The first-order valence-electron chi connectivity index (χ1n) is 7.88. The van der Waals surface area contributed by atoms with Gasteiger partial charge in [-0.05, 0) is 30.7 Å². The molecule has 1 fully saturated rings. The van der Waals surface area contributed by atoms with E-state index in [-0.39, 0.29) is 30.9 Å². The zero-order chi connectivity index (χ0) is 18.7. The third kappa shape index (κ3) is 4.81. The van der Waals surface area contributed by atoms with Gasteiger partial charge in [-0.3, -0.25) is 14.9 Å². The van der Waals surface area contributed by atoms with Gasteiger partial charge in [-0.2, -0.15) is 0 Å². The molecule has 3 rings (SSSR count). The number of hydrogen-bond acceptors (Lipinski definition) is 4. The highest BCUT2D eigenvalue weighted by Gasteiger charge is 2.40. The number of halogens is 3. The first-order chi connectivity index (χ1) is 12.4. The molecule has 26 heavy (non-hydrogen) atoms. The molecular formula is C17H15BrF2N4O2. The fraction of sp³-hybridized carbons (Fsp3) is 0.294. The molecule has 1 aromatic carbocycles. The molecule has 0 bridgehead atoms. The zero-order valence-electron chi connectivity index (χ0n) is 13.5. The van der Waals surface area contributed by atoms with Crippen molar-refractivity contribution in [2.45, 2.75) is 12.6 Å². The number of nitrogens with zero attached hydrogens (tertiary/aromatic N) is 3. The van der Waals surface area contributed by atoms with Gasteiger partial charge in [0.25, 0.3) is 5.91 Å². The molecule has 1 N–H and O–H groups in total. The van der Waals surface area contributed by atoms with Crippen molar-refractivity contribution in [2.24, 2.45) is 5.92 Å². The Hall–Kier alpha value is -2.42. The summed E-state index contributed by atoms with van der Waals surface area (Å²) in [7, 11) is 0. The molecule has 2 amide bonds. The van der Waals surface area contributed by atoms with Gasteiger partial charge in [0, 0.05) is 22.5 Å². The van der Waals surface area contributed by atoms with Gasteiger partial charge in [-0.25, -0.2) is 18.7 Å². The number of amides is 2. The molecule has 1 aliphatic rings. The van der Waals surface area contributed by atoms with Crippen LogP contribution in [0.25, 0.3) is 0 Å². The summed E-state index contributed by atoms with van der Waals surface area (Å²) in [6, 6.07) is 6.68. The van der Waals surface area contributed by atoms with Gasteiger partial charge >= 0.3 is 0 Å². The number of carbonyl (C=O) groups excluding carboxylic acids is 2. The lowest BCUT2D eigenvalue weighted by atomic mass is 10.2. The normalized spacial score (nSPS) is 18.3. The lowest BCUT2D eigenvalue weighted by molar-refractivity contribution is -0.117. The predicted octanol–water partition coefficient (Wildman–Crippen LogP) is 2.82. The number of aromatic nitrogens is 2. The van der Waals surface area contributed by atoms with Gasteiger partial charge in [-0.1, -0.05) is 15.9 Å². The molecule has 0 saturated heterocycles. The standard InChI is InChI=1S/C17H15BrF2N4O2/c18-12-3-1-10(2-4-12)16(26)24(8-11-5-14(11)20)9-15(25)23-17-21-6-13(19)7-22-17/h1-4,6-7,11,14H,5,8-9H2,(H,21,22,23,25)/t11?,14-/m1/s1. The molecule has 1 aliphatic carbocycles. The van der Waals surface area contributed by atoms with E-state index in [1.54, 1.807) is 24.3 Å². The quantitative estimate of drug-likeness (QED) is 0.773. The van der Waals surface area contributed by atoms with Crippen molar-refractivity contribution in [3.63, 3.8) is 0 Å². The minimum Gasteiger partial charge on any atom is -0.329 e. The van der Waals surface area contributed by atoms with Gasteiger partial charge in [0.15, 0.2) is 5.82 Å². The number of carbonyl (C=O) groups is 2. The highest BCUT2D eigenvalue weighted by atomic mass is 79.9. The van der Waals surface area contributed by atoms with E-state index in [1.807, 2.05) is 0 Å². The number of rotatable bonds is 6. The van der Waals surface area contributed by atoms with Crippen molar-refractivity contribution in [3.05, 3.63) is 52.5 Å². The van der Waals surface area contributed by atoms with Crippen molar-refractivity contribution in [1.82, 2.24) is 14.9 Å². The monoisotopic (exact) mass is 424 g/mol. The van der Waals surface area contributed by atoms with Crippen LogP contribution in [-0.4, -0.2) is 45.9 Å². The van der Waals surface area contributed by atoms with Gasteiger partial charge in [0.2, 0.25) is 11.9 Å². The Morgan fingerprint density at radius 3 is 2.42 bits per heavy atom. The molecule has 1 saturated carbocycles. The van der Waals surface area contributed by atoms with Crippen LogP contribution in [-0.2, 0) is 4.79 Å². The van der Waals surface area contributed by atoms with E-state index in [0.717, 1.165) is 16.9 Å². The number of alkyl halides is 1. The molecule has 2 atom stereocenters. The average molecular weight is 425 g/mol. The van der Waals surface area contributed by atoms with Crippen LogP contribution in [0.4, 0.5) is 14.7 Å². The van der Waals surface area contributed by atoms with E-state index in [2.05, 4.69) is 31.2 Å². The Balaban J connectivity index is 1.68. The fourth-order valence-electron chi connectivity index (χ4n) is 2.39. The van der Waals surface area contributed by atoms with Gasteiger partial charge in [0.1, 0.15) is 12.7 Å². The van der Waals surface area contributed by atoms with E-state index in [9.17, 15) is 18.4 Å². The van der Waals surface area contributed by atoms with Crippen molar-refractivity contribution >= 4 is 33.7 Å². The summed E-state index contributed by atoms with van der Waals surface area (Å²) in [6.45, 7) is -0.132. The molecular weight excluding hydrogens is 410 g/mol. The summed E-state index contributed by atoms with van der Waals surface area (Å²) < 4.78 is 26.9. The highest BCUT2D eigenvalue weighted by molar-refractivity contribution is 9.10. The van der Waals surface area contributed by atoms with Crippen molar-refractivity contribution in [2.75, 3.05) is 18.4 Å². The van der Waals surface area contributed by atoms with Crippen molar-refractivity contribution in [1.29, 1.82) is 0 Å². The van der Waals surface area contributed by atoms with Gasteiger partial charge in [-0.15, -0.1) is 0 Å². The van der Waals surface area contributed by atoms with Crippen LogP contribution in [0.2, 0.25) is 0 Å². The van der Waals surface area contributed by atoms with Crippen LogP contribution in [0.15, 0.2) is 41.1 Å². The van der Waals surface area contributed by atoms with Crippen LogP contribution in [0.1, 0.15) is 16.8 Å². The van der Waals surface area contributed by atoms with Crippen LogP contribution in [0.5, 0.6) is 0 Å². The van der Waals surface area contributed by atoms with Crippen LogP contribution >= 0.6 is 15.9 Å². The second kappa shape index (κ2) is 7.86. The summed E-state index contributed by atoms with van der Waals surface area (Å²) in [5, 5.41) is 2.40. The van der Waals surface area contributed by atoms with E-state index < -0.39 is 17.9 Å². The lowest BCUT2D eigenvalue weighted by Crippen LogP contribution is -2.39. The summed E-state index contributed by atoms with van der Waals surface area (Å²) in [5.41, 5.74) is 0.398. The third-order valence-corrected chi connectivity index (χ3v) is 4.40. The average Bonchev–Trinajstić information content (AvgIpc) is 3.31. The van der Waals surface area contributed by atoms with E-state index in [0.29, 0.717) is 12.0 Å². The highest BCUT2D eigenvalue weighted by Crippen LogP contribution is 2.34. The summed E-state index contributed by atoms with van der Waals surface area (Å²) in [4.78, 5) is 33.5. The minimum atomic E-state index is -0.946. The fourth-order valence-corrected chi connectivity index (χ4v) is 2.66. The number of hydrogen-bond donors (Lipinski definition) is 1. The molecule has 1 aromatic heterocycles. The zero-order valence-corrected chi connectivity index (χ0v) is 15.1. The minimum absolute atomic E-state index is 0.0674. The molecule has 1 unspecified atom stereocenters. The van der Waals surface area contributed by atoms with E-state index >= 15 is 0 Å². The molecule has 0 radical (unpaired) electrons. The van der Waals surface area contributed by atoms with Gasteiger partial charge in [0.05, 0.1) is 12.4 Å². The first-order valence-corrected chi connectivity index (χ1v) is 8.68. The van der Waals surface area contributed by atoms with E-state index in [4.69, 9.17) is 0 Å². The van der Waals surface area contributed by atoms with Gasteiger partial charge < -0.3 is 4.90 Å². The maximum absolute atomic E-state index is 13.3. The van der Waals surface area contributed by atoms with Crippen molar-refractivity contribution < 1.29 is 18.4 Å².